The van der Waals surface area contributed by atoms with E-state index in [-0.39, 0.29) is 29.5 Å². The zero-order valence-corrected chi connectivity index (χ0v) is 16.4. The SMILES string of the molecule is O=C(Nc1c(C(=O)c2ccc3c(c2)OCO3)oc2ccccc12)c1cccc([N+](=O)[O-])c1. The van der Waals surface area contributed by atoms with Crippen LogP contribution in [0.4, 0.5) is 11.4 Å². The van der Waals surface area contributed by atoms with Crippen LogP contribution in [0, 0.1) is 10.1 Å². The smallest absolute Gasteiger partial charge is 0.270 e. The van der Waals surface area contributed by atoms with Crippen LogP contribution in [-0.4, -0.2) is 23.4 Å². The summed E-state index contributed by atoms with van der Waals surface area (Å²) in [6.07, 6.45) is 0. The first-order valence-electron chi connectivity index (χ1n) is 9.53. The van der Waals surface area contributed by atoms with Gasteiger partial charge in [0.2, 0.25) is 12.6 Å². The van der Waals surface area contributed by atoms with Crippen LogP contribution < -0.4 is 14.8 Å². The number of nitro benzene ring substituents is 1. The number of furan rings is 1. The molecule has 0 saturated carbocycles. The molecule has 0 saturated heterocycles. The van der Waals surface area contributed by atoms with Crippen molar-refractivity contribution < 1.29 is 28.4 Å². The quantitative estimate of drug-likeness (QED) is 0.280. The number of fused-ring (bicyclic) bond motifs is 2. The zero-order chi connectivity index (χ0) is 22.2. The second kappa shape index (κ2) is 7.55. The lowest BCUT2D eigenvalue weighted by Gasteiger charge is -2.07. The number of amides is 1. The second-order valence-corrected chi connectivity index (χ2v) is 6.96. The van der Waals surface area contributed by atoms with Crippen LogP contribution in [0.5, 0.6) is 11.5 Å². The number of nitrogens with one attached hydrogen (secondary N) is 1. The zero-order valence-electron chi connectivity index (χ0n) is 16.4. The van der Waals surface area contributed by atoms with Gasteiger partial charge in [-0.1, -0.05) is 18.2 Å². The van der Waals surface area contributed by atoms with E-state index in [1.165, 1.54) is 18.2 Å². The summed E-state index contributed by atoms with van der Waals surface area (Å²) >= 11 is 0. The number of carbonyl (C=O) groups is 2. The third-order valence-electron chi connectivity index (χ3n) is 4.99. The summed E-state index contributed by atoms with van der Waals surface area (Å²) in [4.78, 5) is 36.6. The Morgan fingerprint density at radius 3 is 2.56 bits per heavy atom. The lowest BCUT2D eigenvalue weighted by Crippen LogP contribution is -2.14. The monoisotopic (exact) mass is 430 g/mol. The Balaban J connectivity index is 1.55. The molecule has 1 N–H and O–H groups in total. The van der Waals surface area contributed by atoms with Crippen molar-refractivity contribution in [1.82, 2.24) is 0 Å². The average molecular weight is 430 g/mol. The Kier molecular flexibility index (Phi) is 4.55. The third-order valence-corrected chi connectivity index (χ3v) is 4.99. The summed E-state index contributed by atoms with van der Waals surface area (Å²) in [6.45, 7) is 0.0716. The Hall–Kier alpha value is -4.66. The van der Waals surface area contributed by atoms with E-state index in [0.717, 1.165) is 6.07 Å². The van der Waals surface area contributed by atoms with Gasteiger partial charge >= 0.3 is 0 Å². The summed E-state index contributed by atoms with van der Waals surface area (Å²) in [5.41, 5.74) is 0.738. The van der Waals surface area contributed by atoms with Crippen molar-refractivity contribution in [2.24, 2.45) is 0 Å². The van der Waals surface area contributed by atoms with Crippen LogP contribution in [0.25, 0.3) is 11.0 Å². The molecule has 0 radical (unpaired) electrons. The van der Waals surface area contributed by atoms with E-state index < -0.39 is 16.6 Å². The maximum atomic E-state index is 13.3. The van der Waals surface area contributed by atoms with Crippen LogP contribution >= 0.6 is 0 Å². The van der Waals surface area contributed by atoms with Crippen molar-refractivity contribution in [3.8, 4) is 11.5 Å². The lowest BCUT2D eigenvalue weighted by molar-refractivity contribution is -0.384. The van der Waals surface area contributed by atoms with Gasteiger partial charge in [-0.2, -0.15) is 0 Å². The predicted octanol–water partition coefficient (Wildman–Crippen LogP) is 4.55. The van der Waals surface area contributed by atoms with E-state index in [1.54, 1.807) is 42.5 Å². The first kappa shape index (κ1) is 19.3. The number of nitro groups is 1. The Morgan fingerprint density at radius 1 is 0.906 bits per heavy atom. The van der Waals surface area contributed by atoms with Crippen molar-refractivity contribution in [3.05, 3.63) is 93.7 Å². The number of para-hydroxylation sites is 1. The van der Waals surface area contributed by atoms with E-state index in [1.807, 2.05) is 0 Å². The minimum absolute atomic E-state index is 0.0659. The third kappa shape index (κ3) is 3.31. The van der Waals surface area contributed by atoms with Gasteiger partial charge in [0, 0.05) is 28.6 Å². The fourth-order valence-electron chi connectivity index (χ4n) is 3.44. The Morgan fingerprint density at radius 2 is 1.72 bits per heavy atom. The number of anilines is 1. The molecule has 1 aliphatic rings. The number of non-ortho nitro benzene ring substituents is 1. The highest BCUT2D eigenvalue weighted by Gasteiger charge is 2.26. The van der Waals surface area contributed by atoms with Gasteiger partial charge in [0.05, 0.1) is 10.6 Å². The molecular formula is C23H14N2O7. The van der Waals surface area contributed by atoms with Crippen molar-refractivity contribution in [2.75, 3.05) is 12.1 Å². The number of ether oxygens (including phenoxy) is 2. The molecule has 5 rings (SSSR count). The van der Waals surface area contributed by atoms with E-state index >= 15 is 0 Å². The second-order valence-electron chi connectivity index (χ2n) is 6.96. The summed E-state index contributed by atoms with van der Waals surface area (Å²) in [5, 5.41) is 14.3. The molecule has 1 aliphatic heterocycles. The molecule has 3 aromatic carbocycles. The first-order chi connectivity index (χ1) is 15.5. The molecule has 1 aromatic heterocycles. The highest BCUT2D eigenvalue weighted by Crippen LogP contribution is 2.36. The van der Waals surface area contributed by atoms with Gasteiger partial charge in [-0.15, -0.1) is 0 Å². The minimum Gasteiger partial charge on any atom is -0.454 e. The van der Waals surface area contributed by atoms with Gasteiger partial charge in [-0.3, -0.25) is 19.7 Å². The largest absolute Gasteiger partial charge is 0.454 e. The van der Waals surface area contributed by atoms with Gasteiger partial charge < -0.3 is 19.2 Å². The molecule has 32 heavy (non-hydrogen) atoms. The number of hydrogen-bond acceptors (Lipinski definition) is 7. The van der Waals surface area contributed by atoms with Gasteiger partial charge in [0.15, 0.2) is 17.3 Å². The molecule has 0 bridgehead atoms. The van der Waals surface area contributed by atoms with Crippen LogP contribution in [0.15, 0.2) is 71.1 Å². The Labute approximate surface area is 180 Å². The summed E-state index contributed by atoms with van der Waals surface area (Å²) in [5.74, 6) is -0.169. The van der Waals surface area contributed by atoms with Crippen LogP contribution in [-0.2, 0) is 0 Å². The summed E-state index contributed by atoms with van der Waals surface area (Å²) < 4.78 is 16.4. The fourth-order valence-corrected chi connectivity index (χ4v) is 3.44. The number of nitrogens with zero attached hydrogens (tertiary/aromatic N) is 1. The topological polar surface area (TPSA) is 121 Å². The molecule has 1 amide bonds. The maximum Gasteiger partial charge on any atom is 0.270 e. The van der Waals surface area contributed by atoms with Gasteiger partial charge in [-0.05, 0) is 36.4 Å². The minimum atomic E-state index is -0.611. The summed E-state index contributed by atoms with van der Waals surface area (Å²) in [6, 6.07) is 16.9. The normalized spacial score (nSPS) is 12.0. The van der Waals surface area contributed by atoms with Crippen molar-refractivity contribution in [3.63, 3.8) is 0 Å². The fraction of sp³-hybridized carbons (Fsp3) is 0.0435. The molecule has 0 spiro atoms. The number of benzene rings is 3. The van der Waals surface area contributed by atoms with E-state index in [9.17, 15) is 19.7 Å². The molecule has 0 atom stereocenters. The Bertz CT molecular complexity index is 1410. The predicted molar refractivity (Wildman–Crippen MR) is 113 cm³/mol. The van der Waals surface area contributed by atoms with Crippen molar-refractivity contribution >= 4 is 34.0 Å². The van der Waals surface area contributed by atoms with Crippen molar-refractivity contribution in [2.45, 2.75) is 0 Å². The standard InChI is InChI=1S/C23H14N2O7/c26-21(13-8-9-18-19(11-13)31-12-30-18)22-20(16-6-1-2-7-17(16)32-22)24-23(27)14-4-3-5-15(10-14)25(28)29/h1-11H,12H2,(H,24,27). The van der Waals surface area contributed by atoms with Crippen LogP contribution in [0.2, 0.25) is 0 Å². The van der Waals surface area contributed by atoms with Crippen molar-refractivity contribution in [1.29, 1.82) is 0 Å². The van der Waals surface area contributed by atoms with E-state index in [0.29, 0.717) is 28.0 Å². The number of ketones is 1. The molecular weight excluding hydrogens is 416 g/mol. The molecule has 4 aromatic rings. The highest BCUT2D eigenvalue weighted by atomic mass is 16.7. The van der Waals surface area contributed by atoms with Gasteiger partial charge in [0.25, 0.3) is 11.6 Å². The molecule has 9 heteroatoms. The van der Waals surface area contributed by atoms with E-state index in [2.05, 4.69) is 5.32 Å². The van der Waals surface area contributed by atoms with E-state index in [4.69, 9.17) is 13.9 Å². The lowest BCUT2D eigenvalue weighted by atomic mass is 10.1. The van der Waals surface area contributed by atoms with Crippen LogP contribution in [0.3, 0.4) is 0 Å². The van der Waals surface area contributed by atoms with Gasteiger partial charge in [0.1, 0.15) is 5.58 Å². The molecule has 9 nitrogen and oxygen atoms in total. The number of hydrogen-bond donors (Lipinski definition) is 1. The number of rotatable bonds is 5. The molecule has 0 unspecified atom stereocenters. The van der Waals surface area contributed by atoms with Crippen LogP contribution in [0.1, 0.15) is 26.5 Å². The first-order valence-corrected chi connectivity index (χ1v) is 9.53. The molecule has 158 valence electrons. The molecule has 0 aliphatic carbocycles. The molecule has 2 heterocycles. The summed E-state index contributed by atoms with van der Waals surface area (Å²) in [7, 11) is 0. The maximum absolute atomic E-state index is 13.3. The average Bonchev–Trinajstić information content (AvgIpc) is 3.43. The number of carbonyl (C=O) groups excluding carboxylic acids is 2. The highest BCUT2D eigenvalue weighted by molar-refractivity contribution is 6.19. The molecule has 0 fully saturated rings. The van der Waals surface area contributed by atoms with Gasteiger partial charge in [-0.25, -0.2) is 0 Å².